The van der Waals surface area contributed by atoms with Crippen LogP contribution in [0.2, 0.25) is 10.0 Å². The Kier molecular flexibility index (Phi) is 9.82. The summed E-state index contributed by atoms with van der Waals surface area (Å²) in [4.78, 5) is 29.8. The third-order valence-electron chi connectivity index (χ3n) is 5.40. The number of aliphatic hydroxyl groups is 1. The molecule has 32 heavy (non-hydrogen) atoms. The molecule has 1 amide bonds. The van der Waals surface area contributed by atoms with Crippen LogP contribution in [-0.2, 0) is 9.63 Å². The van der Waals surface area contributed by atoms with Crippen molar-refractivity contribution in [3.63, 3.8) is 0 Å². The minimum absolute atomic E-state index is 0.000931. The van der Waals surface area contributed by atoms with Gasteiger partial charge in [-0.05, 0) is 38.8 Å². The predicted octanol–water partition coefficient (Wildman–Crippen LogP) is 3.47. The molecule has 1 saturated carbocycles. The van der Waals surface area contributed by atoms with Crippen LogP contribution in [0, 0.1) is 10.1 Å². The van der Waals surface area contributed by atoms with Crippen molar-refractivity contribution in [3.05, 3.63) is 38.4 Å². The summed E-state index contributed by atoms with van der Waals surface area (Å²) in [7, 11) is 0. The number of hydrogen-bond acceptors (Lipinski definition) is 7. The lowest BCUT2D eigenvalue weighted by Crippen LogP contribution is -2.58. The van der Waals surface area contributed by atoms with Crippen LogP contribution >= 0.6 is 23.2 Å². The van der Waals surface area contributed by atoms with Gasteiger partial charge in [-0.2, -0.15) is 0 Å². The van der Waals surface area contributed by atoms with Crippen LogP contribution in [-0.4, -0.2) is 64.5 Å². The number of halogens is 2. The third-order valence-corrected chi connectivity index (χ3v) is 5.95. The lowest BCUT2D eigenvalue weighted by Gasteiger charge is -2.42. The van der Waals surface area contributed by atoms with E-state index < -0.39 is 22.8 Å². The molecular weight excluding hydrogens is 461 g/mol. The highest BCUT2D eigenvalue weighted by Gasteiger charge is 2.36. The van der Waals surface area contributed by atoms with E-state index in [1.165, 1.54) is 6.92 Å². The minimum Gasteiger partial charge on any atom is -0.489 e. The van der Waals surface area contributed by atoms with E-state index in [4.69, 9.17) is 32.8 Å². The molecule has 0 saturated heterocycles. The Hall–Kier alpha value is -1.81. The zero-order chi connectivity index (χ0) is 23.9. The molecule has 0 bridgehead atoms. The number of nitrogens with zero attached hydrogens (tertiary/aromatic N) is 2. The third kappa shape index (κ3) is 8.27. The minimum atomic E-state index is -0.838. The van der Waals surface area contributed by atoms with Crippen molar-refractivity contribution in [3.8, 4) is 5.75 Å². The Morgan fingerprint density at radius 1 is 1.38 bits per heavy atom. The number of aliphatic hydroxyl groups excluding tert-OH is 1. The zero-order valence-electron chi connectivity index (χ0n) is 18.6. The first-order chi connectivity index (χ1) is 15.0. The Bertz CT molecular complexity index is 795. The Morgan fingerprint density at radius 2 is 2.06 bits per heavy atom. The highest BCUT2D eigenvalue weighted by Crippen LogP contribution is 2.28. The molecule has 0 aromatic heterocycles. The Labute approximate surface area is 198 Å². The number of rotatable bonds is 11. The van der Waals surface area contributed by atoms with Gasteiger partial charge in [-0.15, -0.1) is 10.1 Å². The predicted molar refractivity (Wildman–Crippen MR) is 122 cm³/mol. The van der Waals surface area contributed by atoms with Crippen LogP contribution in [0.5, 0.6) is 5.75 Å². The topological polar surface area (TPSA) is 114 Å². The molecule has 1 aromatic rings. The summed E-state index contributed by atoms with van der Waals surface area (Å²) in [6.45, 7) is 5.76. The summed E-state index contributed by atoms with van der Waals surface area (Å²) in [5.41, 5.74) is -0.572. The van der Waals surface area contributed by atoms with Gasteiger partial charge in [0.05, 0.1) is 11.1 Å². The van der Waals surface area contributed by atoms with Crippen LogP contribution in [0.4, 0.5) is 0 Å². The van der Waals surface area contributed by atoms with Gasteiger partial charge in [-0.25, -0.2) is 0 Å². The highest BCUT2D eigenvalue weighted by molar-refractivity contribution is 6.34. The fourth-order valence-corrected chi connectivity index (χ4v) is 4.17. The molecule has 0 heterocycles. The SMILES string of the molecule is CC(=O)N(CC(C)(C)NCC(O)COc1cc(Cl)ccc1Cl)C1CCCCC1O[N+](=O)[O-]. The number of carbonyl (C=O) groups is 1. The van der Waals surface area contributed by atoms with Gasteiger partial charge in [-0.1, -0.05) is 36.0 Å². The largest absolute Gasteiger partial charge is 0.489 e. The first-order valence-electron chi connectivity index (χ1n) is 10.6. The van der Waals surface area contributed by atoms with Crippen LogP contribution in [0.3, 0.4) is 0 Å². The van der Waals surface area contributed by atoms with Gasteiger partial charge in [0.1, 0.15) is 24.6 Å². The maximum Gasteiger partial charge on any atom is 0.294 e. The van der Waals surface area contributed by atoms with Crippen molar-refractivity contribution in [2.45, 2.75) is 70.2 Å². The van der Waals surface area contributed by atoms with Crippen molar-refractivity contribution in [1.82, 2.24) is 10.2 Å². The lowest BCUT2D eigenvalue weighted by molar-refractivity contribution is -0.770. The molecule has 1 fully saturated rings. The van der Waals surface area contributed by atoms with E-state index >= 15 is 0 Å². The highest BCUT2D eigenvalue weighted by atomic mass is 35.5. The summed E-state index contributed by atoms with van der Waals surface area (Å²) in [5, 5.41) is 24.5. The second-order valence-corrected chi connectivity index (χ2v) is 9.51. The summed E-state index contributed by atoms with van der Waals surface area (Å²) in [6.07, 6.45) is 1.40. The van der Waals surface area contributed by atoms with E-state index in [1.54, 1.807) is 23.1 Å². The second-order valence-electron chi connectivity index (χ2n) is 8.67. The monoisotopic (exact) mass is 491 g/mol. The summed E-state index contributed by atoms with van der Waals surface area (Å²) in [5.74, 6) is 0.206. The summed E-state index contributed by atoms with van der Waals surface area (Å²) >= 11 is 12.0. The molecule has 3 atom stereocenters. The van der Waals surface area contributed by atoms with Gasteiger partial charge in [0, 0.05) is 36.6 Å². The van der Waals surface area contributed by atoms with E-state index in [0.717, 1.165) is 12.8 Å². The van der Waals surface area contributed by atoms with Gasteiger partial charge in [-0.3, -0.25) is 4.79 Å². The number of carbonyl (C=O) groups excluding carboxylic acids is 1. The zero-order valence-corrected chi connectivity index (χ0v) is 20.1. The van der Waals surface area contributed by atoms with E-state index in [-0.39, 0.29) is 25.1 Å². The van der Waals surface area contributed by atoms with E-state index in [9.17, 15) is 20.0 Å². The first kappa shape index (κ1) is 26.4. The van der Waals surface area contributed by atoms with Crippen LogP contribution in [0.1, 0.15) is 46.5 Å². The van der Waals surface area contributed by atoms with E-state index in [2.05, 4.69) is 5.32 Å². The number of hydrogen-bond donors (Lipinski definition) is 2. The van der Waals surface area contributed by atoms with Crippen LogP contribution in [0.15, 0.2) is 18.2 Å². The number of benzene rings is 1. The maximum absolute atomic E-state index is 12.4. The van der Waals surface area contributed by atoms with E-state index in [0.29, 0.717) is 35.2 Å². The quantitative estimate of drug-likeness (QED) is 0.359. The molecule has 0 radical (unpaired) electrons. The molecule has 0 spiro atoms. The number of amides is 1. The number of nitrogens with one attached hydrogen (secondary N) is 1. The lowest BCUT2D eigenvalue weighted by atomic mass is 9.90. The fraction of sp³-hybridized carbons (Fsp3) is 0.667. The summed E-state index contributed by atoms with van der Waals surface area (Å²) in [6, 6.07) is 4.47. The van der Waals surface area contributed by atoms with Crippen molar-refractivity contribution < 1.29 is 24.6 Å². The van der Waals surface area contributed by atoms with Crippen LogP contribution < -0.4 is 10.1 Å². The molecular formula is C21H31Cl2N3O6. The van der Waals surface area contributed by atoms with Crippen molar-refractivity contribution >= 4 is 29.1 Å². The molecule has 9 nitrogen and oxygen atoms in total. The van der Waals surface area contributed by atoms with E-state index in [1.807, 2.05) is 13.8 Å². The van der Waals surface area contributed by atoms with Crippen LogP contribution in [0.25, 0.3) is 0 Å². The van der Waals surface area contributed by atoms with Gasteiger partial charge >= 0.3 is 0 Å². The molecule has 1 aliphatic rings. The maximum atomic E-state index is 12.4. The second kappa shape index (κ2) is 11.9. The molecule has 1 aromatic carbocycles. The molecule has 0 aliphatic heterocycles. The molecule has 1 aliphatic carbocycles. The summed E-state index contributed by atoms with van der Waals surface area (Å²) < 4.78 is 5.56. The van der Waals surface area contributed by atoms with Gasteiger partial charge < -0.3 is 24.9 Å². The smallest absolute Gasteiger partial charge is 0.294 e. The van der Waals surface area contributed by atoms with Crippen molar-refractivity contribution in [2.75, 3.05) is 19.7 Å². The number of β-amino-alcohol motifs (C(OH)–C–C–N with tert-alkyl or cyclic N) is 1. The molecule has 3 unspecified atom stereocenters. The number of ether oxygens (including phenoxy) is 1. The molecule has 180 valence electrons. The average molecular weight is 492 g/mol. The first-order valence-corrected chi connectivity index (χ1v) is 11.3. The van der Waals surface area contributed by atoms with Gasteiger partial charge in [0.25, 0.3) is 5.09 Å². The fourth-order valence-electron chi connectivity index (χ4n) is 3.84. The van der Waals surface area contributed by atoms with Crippen molar-refractivity contribution in [2.24, 2.45) is 0 Å². The molecule has 2 rings (SSSR count). The Morgan fingerprint density at radius 3 is 2.72 bits per heavy atom. The normalized spacial score (nSPS) is 19.8. The average Bonchev–Trinajstić information content (AvgIpc) is 2.71. The molecule has 2 N–H and O–H groups in total. The van der Waals surface area contributed by atoms with Gasteiger partial charge in [0.2, 0.25) is 5.91 Å². The standard InChI is InChI=1S/C21H31Cl2N3O6/c1-14(27)25(18-6-4-5-7-19(18)32-26(29)30)13-21(2,3)24-11-16(28)12-31-20-10-15(22)8-9-17(20)23/h8-10,16,18-19,24,28H,4-7,11-13H2,1-3H3. The van der Waals surface area contributed by atoms with Crippen molar-refractivity contribution in [1.29, 1.82) is 0 Å². The van der Waals surface area contributed by atoms with Gasteiger partial charge in [0.15, 0.2) is 0 Å². The Balaban J connectivity index is 1.93. The molecule has 11 heteroatoms.